The van der Waals surface area contributed by atoms with Gasteiger partial charge in [0.2, 0.25) is 5.95 Å². The highest BCUT2D eigenvalue weighted by molar-refractivity contribution is 9.10. The van der Waals surface area contributed by atoms with Gasteiger partial charge in [0.25, 0.3) is 0 Å². The molecule has 0 radical (unpaired) electrons. The molecule has 0 aliphatic heterocycles. The number of fused-ring (bicyclic) bond motifs is 1. The fraction of sp³-hybridized carbons (Fsp3) is 0.391. The van der Waals surface area contributed by atoms with Gasteiger partial charge >= 0.3 is 0 Å². The number of aromatic nitrogens is 3. The lowest BCUT2D eigenvalue weighted by Gasteiger charge is -2.38. The van der Waals surface area contributed by atoms with Crippen LogP contribution in [0.25, 0.3) is 16.9 Å². The van der Waals surface area contributed by atoms with E-state index in [0.29, 0.717) is 22.6 Å². The van der Waals surface area contributed by atoms with Crippen LogP contribution < -0.4 is 0 Å². The minimum absolute atomic E-state index is 0.597. The van der Waals surface area contributed by atoms with Crippen LogP contribution >= 0.6 is 15.9 Å². The van der Waals surface area contributed by atoms with Crippen molar-refractivity contribution in [2.45, 2.75) is 58.2 Å². The van der Waals surface area contributed by atoms with E-state index in [1.54, 1.807) is 12.4 Å². The van der Waals surface area contributed by atoms with Gasteiger partial charge in [-0.1, -0.05) is 63.4 Å². The molecule has 0 fully saturated rings. The Morgan fingerprint density at radius 2 is 1.54 bits per heavy atom. The molecule has 0 aliphatic carbocycles. The van der Waals surface area contributed by atoms with E-state index in [1.165, 1.54) is 0 Å². The van der Waals surface area contributed by atoms with Crippen LogP contribution in [0.2, 0.25) is 16.6 Å². The molecule has 0 saturated heterocycles. The Bertz CT molecular complexity index is 1000. The van der Waals surface area contributed by atoms with E-state index >= 15 is 0 Å². The molecular formula is C23H28BrN3Si. The van der Waals surface area contributed by atoms with Gasteiger partial charge in [0.15, 0.2) is 0 Å². The zero-order chi connectivity index (χ0) is 20.5. The van der Waals surface area contributed by atoms with Gasteiger partial charge in [-0.3, -0.25) is 4.57 Å². The molecule has 3 rings (SSSR count). The van der Waals surface area contributed by atoms with Crippen LogP contribution in [-0.2, 0) is 0 Å². The Labute approximate surface area is 177 Å². The molecular weight excluding hydrogens is 426 g/mol. The molecule has 0 spiro atoms. The molecule has 2 aromatic heterocycles. The summed E-state index contributed by atoms with van der Waals surface area (Å²) >= 11 is 3.58. The highest BCUT2D eigenvalue weighted by Crippen LogP contribution is 2.41. The zero-order valence-corrected chi connectivity index (χ0v) is 20.1. The molecule has 1 aromatic carbocycles. The Hall–Kier alpha value is -1.90. The van der Waals surface area contributed by atoms with Crippen molar-refractivity contribution in [2.24, 2.45) is 0 Å². The molecule has 0 N–H and O–H groups in total. The van der Waals surface area contributed by atoms with Crippen molar-refractivity contribution >= 4 is 34.9 Å². The van der Waals surface area contributed by atoms with E-state index in [1.807, 2.05) is 12.1 Å². The molecule has 2 heterocycles. The number of halogens is 1. The molecule has 3 nitrogen and oxygen atoms in total. The maximum absolute atomic E-state index is 4.49. The molecule has 0 unspecified atom stereocenters. The second kappa shape index (κ2) is 8.22. The first-order chi connectivity index (χ1) is 13.3. The number of hydrogen-bond acceptors (Lipinski definition) is 2. The molecule has 0 aliphatic rings. The monoisotopic (exact) mass is 453 g/mol. The Morgan fingerprint density at radius 3 is 2.11 bits per heavy atom. The van der Waals surface area contributed by atoms with E-state index in [2.05, 4.69) is 102 Å². The zero-order valence-electron chi connectivity index (χ0n) is 17.5. The molecule has 3 aromatic rings. The highest BCUT2D eigenvalue weighted by Gasteiger charge is 2.41. The van der Waals surface area contributed by atoms with Gasteiger partial charge in [-0.2, -0.15) is 0 Å². The Kier molecular flexibility index (Phi) is 6.11. The van der Waals surface area contributed by atoms with Crippen LogP contribution in [-0.4, -0.2) is 22.6 Å². The van der Waals surface area contributed by atoms with E-state index in [-0.39, 0.29) is 0 Å². The highest BCUT2D eigenvalue weighted by atomic mass is 79.9. The van der Waals surface area contributed by atoms with Gasteiger partial charge < -0.3 is 0 Å². The van der Waals surface area contributed by atoms with Crippen molar-refractivity contribution in [1.82, 2.24) is 14.5 Å². The molecule has 0 bridgehead atoms. The van der Waals surface area contributed by atoms with Crippen LogP contribution in [0.3, 0.4) is 0 Å². The number of benzene rings is 1. The van der Waals surface area contributed by atoms with Gasteiger partial charge in [0.1, 0.15) is 8.07 Å². The van der Waals surface area contributed by atoms with Crippen molar-refractivity contribution < 1.29 is 0 Å². The van der Waals surface area contributed by atoms with Crippen LogP contribution in [0.4, 0.5) is 0 Å². The first-order valence-electron chi connectivity index (χ1n) is 9.89. The second-order valence-electron chi connectivity index (χ2n) is 8.26. The first-order valence-corrected chi connectivity index (χ1v) is 12.9. The van der Waals surface area contributed by atoms with Gasteiger partial charge in [0.05, 0.1) is 11.2 Å². The largest absolute Gasteiger partial charge is 0.271 e. The maximum Gasteiger partial charge on any atom is 0.235 e. The molecule has 0 atom stereocenters. The third-order valence-electron chi connectivity index (χ3n) is 5.79. The SMILES string of the molecule is CC(C)[Si](C#Cc1cc2cc(Br)ccc2n1-c1ncccn1)(C(C)C)C(C)C. The molecule has 146 valence electrons. The first kappa shape index (κ1) is 20.8. The minimum Gasteiger partial charge on any atom is -0.271 e. The summed E-state index contributed by atoms with van der Waals surface area (Å²) in [5.41, 5.74) is 7.66. The third kappa shape index (κ3) is 3.68. The van der Waals surface area contributed by atoms with E-state index in [0.717, 1.165) is 21.1 Å². The normalized spacial score (nSPS) is 12.1. The molecule has 0 amide bonds. The average molecular weight is 454 g/mol. The van der Waals surface area contributed by atoms with Crippen molar-refractivity contribution in [3.63, 3.8) is 0 Å². The third-order valence-corrected chi connectivity index (χ3v) is 12.6. The quantitative estimate of drug-likeness (QED) is 0.322. The van der Waals surface area contributed by atoms with Gasteiger partial charge in [-0.25, -0.2) is 9.97 Å². The summed E-state index contributed by atoms with van der Waals surface area (Å²) in [5, 5.41) is 1.14. The van der Waals surface area contributed by atoms with Gasteiger partial charge in [-0.05, 0) is 47.0 Å². The topological polar surface area (TPSA) is 30.7 Å². The molecule has 0 saturated carbocycles. The van der Waals surface area contributed by atoms with Crippen LogP contribution in [0.5, 0.6) is 0 Å². The summed E-state index contributed by atoms with van der Waals surface area (Å²) in [7, 11) is -1.82. The fourth-order valence-corrected chi connectivity index (χ4v) is 10.1. The summed E-state index contributed by atoms with van der Waals surface area (Å²) in [5.74, 6) is 4.25. The Balaban J connectivity index is 2.26. The van der Waals surface area contributed by atoms with Gasteiger partial charge in [-0.15, -0.1) is 5.54 Å². The average Bonchev–Trinajstić information content (AvgIpc) is 2.99. The van der Waals surface area contributed by atoms with E-state index < -0.39 is 8.07 Å². The summed E-state index contributed by atoms with van der Waals surface area (Å²) in [6.45, 7) is 14.0. The van der Waals surface area contributed by atoms with E-state index in [4.69, 9.17) is 0 Å². The van der Waals surface area contributed by atoms with Crippen molar-refractivity contribution in [3.8, 4) is 17.4 Å². The standard InChI is InChI=1S/C23H28BrN3Si/c1-16(2)28(17(3)4,18(5)6)13-10-21-15-19-14-20(24)8-9-22(19)27(21)23-25-11-7-12-26-23/h7-9,11-12,14-18H,1-6H3. The predicted molar refractivity (Wildman–Crippen MR) is 124 cm³/mol. The van der Waals surface area contributed by atoms with Crippen LogP contribution in [0.15, 0.2) is 47.2 Å². The Morgan fingerprint density at radius 1 is 0.929 bits per heavy atom. The summed E-state index contributed by atoms with van der Waals surface area (Å²) in [6.07, 6.45) is 3.55. The number of hydrogen-bond donors (Lipinski definition) is 0. The van der Waals surface area contributed by atoms with Crippen molar-refractivity contribution in [1.29, 1.82) is 0 Å². The summed E-state index contributed by atoms with van der Waals surface area (Å²) < 4.78 is 3.13. The molecule has 5 heteroatoms. The lowest BCUT2D eigenvalue weighted by molar-refractivity contribution is 0.838. The van der Waals surface area contributed by atoms with Crippen molar-refractivity contribution in [3.05, 3.63) is 52.9 Å². The number of nitrogens with zero attached hydrogens (tertiary/aromatic N) is 3. The summed E-state index contributed by atoms with van der Waals surface area (Å²) in [4.78, 5) is 8.98. The maximum atomic E-state index is 4.49. The smallest absolute Gasteiger partial charge is 0.235 e. The van der Waals surface area contributed by atoms with Crippen molar-refractivity contribution in [2.75, 3.05) is 0 Å². The fourth-order valence-electron chi connectivity index (χ4n) is 4.51. The number of rotatable bonds is 4. The van der Waals surface area contributed by atoms with Crippen LogP contribution in [0.1, 0.15) is 47.2 Å². The summed E-state index contributed by atoms with van der Waals surface area (Å²) in [6, 6.07) is 10.3. The van der Waals surface area contributed by atoms with Crippen LogP contribution in [0, 0.1) is 11.5 Å². The lowest BCUT2D eigenvalue weighted by Crippen LogP contribution is -2.43. The predicted octanol–water partition coefficient (Wildman–Crippen LogP) is 6.75. The van der Waals surface area contributed by atoms with Gasteiger partial charge in [0, 0.05) is 22.3 Å². The lowest BCUT2D eigenvalue weighted by atomic mass is 10.2. The van der Waals surface area contributed by atoms with E-state index in [9.17, 15) is 0 Å². The minimum atomic E-state index is -1.82. The second-order valence-corrected chi connectivity index (χ2v) is 14.8. The molecule has 28 heavy (non-hydrogen) atoms.